The number of halogens is 1. The summed E-state index contributed by atoms with van der Waals surface area (Å²) in [5, 5.41) is 9.44. The summed E-state index contributed by atoms with van der Waals surface area (Å²) < 4.78 is 2.17. The average Bonchev–Trinajstić information content (AvgIpc) is 2.87. The molecule has 0 unspecified atom stereocenters. The summed E-state index contributed by atoms with van der Waals surface area (Å²) in [4.78, 5) is 4.72. The number of hydrogen-bond acceptors (Lipinski definition) is 2. The van der Waals surface area contributed by atoms with E-state index >= 15 is 0 Å². The van der Waals surface area contributed by atoms with Gasteiger partial charge in [-0.1, -0.05) is 35.9 Å². The quantitative estimate of drug-likeness (QED) is 0.657. The zero-order valence-corrected chi connectivity index (χ0v) is 12.2. The van der Waals surface area contributed by atoms with Gasteiger partial charge in [0.1, 0.15) is 5.82 Å². The molecule has 0 aliphatic rings. The number of imidazole rings is 1. The third-order valence-electron chi connectivity index (χ3n) is 3.41. The molecule has 0 saturated carbocycles. The maximum Gasteiger partial charge on any atom is 0.141 e. The molecular formula is C17H14ClN3. The Morgan fingerprint density at radius 3 is 2.81 bits per heavy atom. The monoisotopic (exact) mass is 295 g/mol. The molecule has 3 rings (SSSR count). The molecule has 4 heteroatoms. The first-order valence-electron chi connectivity index (χ1n) is 6.88. The molecule has 0 spiro atoms. The minimum atomic E-state index is 0.543. The molecule has 2 aromatic carbocycles. The molecule has 0 N–H and O–H groups in total. The topological polar surface area (TPSA) is 41.6 Å². The van der Waals surface area contributed by atoms with E-state index in [0.29, 0.717) is 11.4 Å². The van der Waals surface area contributed by atoms with Gasteiger partial charge in [0.15, 0.2) is 0 Å². The first-order chi connectivity index (χ1) is 10.3. The van der Waals surface area contributed by atoms with Gasteiger partial charge in [-0.05, 0) is 30.7 Å². The summed E-state index contributed by atoms with van der Waals surface area (Å²) in [5.41, 5.74) is 3.05. The lowest BCUT2D eigenvalue weighted by Crippen LogP contribution is -2.00. The van der Waals surface area contributed by atoms with E-state index in [1.807, 2.05) is 42.5 Å². The van der Waals surface area contributed by atoms with Crippen LogP contribution in [0.3, 0.4) is 0 Å². The van der Waals surface area contributed by atoms with Gasteiger partial charge in [-0.2, -0.15) is 5.26 Å². The molecule has 0 radical (unpaired) electrons. The van der Waals surface area contributed by atoms with Crippen LogP contribution >= 0.6 is 11.6 Å². The van der Waals surface area contributed by atoms with Crippen molar-refractivity contribution < 1.29 is 0 Å². The second-order valence-corrected chi connectivity index (χ2v) is 5.28. The molecule has 1 heterocycles. The maximum absolute atomic E-state index is 8.74. The Labute approximate surface area is 128 Å². The van der Waals surface area contributed by atoms with E-state index in [0.717, 1.165) is 35.4 Å². The fourth-order valence-corrected chi connectivity index (χ4v) is 2.66. The van der Waals surface area contributed by atoms with Crippen LogP contribution in [0.25, 0.3) is 22.4 Å². The highest BCUT2D eigenvalue weighted by Gasteiger charge is 2.12. The Hall–Kier alpha value is -2.31. The molecule has 0 atom stereocenters. The largest absolute Gasteiger partial charge is 0.324 e. The molecular weight excluding hydrogens is 282 g/mol. The molecule has 0 saturated heterocycles. The van der Waals surface area contributed by atoms with E-state index in [4.69, 9.17) is 21.8 Å². The Balaban J connectivity index is 2.12. The molecule has 0 bridgehead atoms. The van der Waals surface area contributed by atoms with Crippen molar-refractivity contribution in [3.8, 4) is 17.5 Å². The third kappa shape index (κ3) is 2.76. The number of unbranched alkanes of at least 4 members (excludes halogenated alkanes) is 1. The Morgan fingerprint density at radius 2 is 2.00 bits per heavy atom. The Kier molecular flexibility index (Phi) is 3.89. The lowest BCUT2D eigenvalue weighted by molar-refractivity contribution is 0.675. The summed E-state index contributed by atoms with van der Waals surface area (Å²) in [6.07, 6.45) is 1.35. The second-order valence-electron chi connectivity index (χ2n) is 4.85. The van der Waals surface area contributed by atoms with Gasteiger partial charge in [-0.25, -0.2) is 4.98 Å². The number of hydrogen-bond donors (Lipinski definition) is 0. The van der Waals surface area contributed by atoms with Crippen LogP contribution in [0.1, 0.15) is 12.8 Å². The lowest BCUT2D eigenvalue weighted by Gasteiger charge is -2.08. The van der Waals surface area contributed by atoms with Gasteiger partial charge in [-0.3, -0.25) is 0 Å². The van der Waals surface area contributed by atoms with Crippen LogP contribution in [0.4, 0.5) is 0 Å². The predicted octanol–water partition coefficient (Wildman–Crippen LogP) is 4.66. The highest BCUT2D eigenvalue weighted by atomic mass is 35.5. The number of benzene rings is 2. The van der Waals surface area contributed by atoms with Crippen LogP contribution in [0.2, 0.25) is 5.02 Å². The van der Waals surface area contributed by atoms with E-state index in [1.54, 1.807) is 0 Å². The van der Waals surface area contributed by atoms with Gasteiger partial charge in [0.25, 0.3) is 0 Å². The summed E-state index contributed by atoms with van der Waals surface area (Å²) in [7, 11) is 0. The van der Waals surface area contributed by atoms with Crippen molar-refractivity contribution in [1.29, 1.82) is 5.26 Å². The summed E-state index contributed by atoms with van der Waals surface area (Å²) in [6.45, 7) is 0.774. The van der Waals surface area contributed by atoms with Gasteiger partial charge in [-0.15, -0.1) is 0 Å². The first-order valence-corrected chi connectivity index (χ1v) is 7.25. The summed E-state index contributed by atoms with van der Waals surface area (Å²) in [5.74, 6) is 0.900. The molecule has 104 valence electrons. The molecule has 1 aromatic heterocycles. The number of fused-ring (bicyclic) bond motifs is 1. The number of para-hydroxylation sites is 2. The summed E-state index contributed by atoms with van der Waals surface area (Å²) in [6, 6.07) is 18.0. The standard InChI is InChI=1S/C17H14ClN3/c18-14-7-5-6-13(12-14)17-20-15-8-1-2-9-16(15)21(17)11-4-3-10-19/h1-2,5-9,12H,3-4,11H2. The fraction of sp³-hybridized carbons (Fsp3) is 0.176. The first kappa shape index (κ1) is 13.7. The SMILES string of the molecule is N#CCCCn1c(-c2cccc(Cl)c2)nc2ccccc21. The van der Waals surface area contributed by atoms with E-state index in [2.05, 4.69) is 16.7 Å². The van der Waals surface area contributed by atoms with E-state index < -0.39 is 0 Å². The molecule has 3 aromatic rings. The molecule has 0 aliphatic carbocycles. The zero-order chi connectivity index (χ0) is 14.7. The molecule has 0 amide bonds. The number of aryl methyl sites for hydroxylation is 1. The zero-order valence-electron chi connectivity index (χ0n) is 11.5. The van der Waals surface area contributed by atoms with Crippen LogP contribution in [-0.2, 0) is 6.54 Å². The van der Waals surface area contributed by atoms with Crippen LogP contribution < -0.4 is 0 Å². The van der Waals surface area contributed by atoms with E-state index in [1.165, 1.54) is 0 Å². The highest BCUT2D eigenvalue weighted by molar-refractivity contribution is 6.30. The third-order valence-corrected chi connectivity index (χ3v) is 3.64. The Morgan fingerprint density at radius 1 is 1.14 bits per heavy atom. The van der Waals surface area contributed by atoms with Crippen molar-refractivity contribution in [3.63, 3.8) is 0 Å². The van der Waals surface area contributed by atoms with Crippen LogP contribution in [0, 0.1) is 11.3 Å². The second kappa shape index (κ2) is 5.99. The molecule has 0 fully saturated rings. The van der Waals surface area contributed by atoms with Crippen LogP contribution in [-0.4, -0.2) is 9.55 Å². The fourth-order valence-electron chi connectivity index (χ4n) is 2.47. The van der Waals surface area contributed by atoms with Crippen LogP contribution in [0.15, 0.2) is 48.5 Å². The summed E-state index contributed by atoms with van der Waals surface area (Å²) >= 11 is 6.09. The molecule has 0 aliphatic heterocycles. The van der Waals surface area contributed by atoms with E-state index in [-0.39, 0.29) is 0 Å². The van der Waals surface area contributed by atoms with Gasteiger partial charge in [0, 0.05) is 23.6 Å². The normalized spacial score (nSPS) is 10.7. The molecule has 3 nitrogen and oxygen atoms in total. The lowest BCUT2D eigenvalue weighted by atomic mass is 10.2. The number of aromatic nitrogens is 2. The predicted molar refractivity (Wildman–Crippen MR) is 85.0 cm³/mol. The molecule has 21 heavy (non-hydrogen) atoms. The van der Waals surface area contributed by atoms with Gasteiger partial charge in [0.2, 0.25) is 0 Å². The maximum atomic E-state index is 8.74. The van der Waals surface area contributed by atoms with Crippen molar-refractivity contribution in [2.24, 2.45) is 0 Å². The van der Waals surface area contributed by atoms with Crippen molar-refractivity contribution in [2.45, 2.75) is 19.4 Å². The smallest absolute Gasteiger partial charge is 0.141 e. The van der Waals surface area contributed by atoms with Gasteiger partial charge < -0.3 is 4.57 Å². The minimum Gasteiger partial charge on any atom is -0.324 e. The van der Waals surface area contributed by atoms with Crippen molar-refractivity contribution >= 4 is 22.6 Å². The average molecular weight is 296 g/mol. The van der Waals surface area contributed by atoms with Crippen molar-refractivity contribution in [3.05, 3.63) is 53.6 Å². The highest BCUT2D eigenvalue weighted by Crippen LogP contribution is 2.27. The van der Waals surface area contributed by atoms with E-state index in [9.17, 15) is 0 Å². The minimum absolute atomic E-state index is 0.543. The van der Waals surface area contributed by atoms with Crippen molar-refractivity contribution in [1.82, 2.24) is 9.55 Å². The Bertz CT molecular complexity index is 814. The van der Waals surface area contributed by atoms with Crippen molar-refractivity contribution in [2.75, 3.05) is 0 Å². The van der Waals surface area contributed by atoms with Gasteiger partial charge >= 0.3 is 0 Å². The van der Waals surface area contributed by atoms with Gasteiger partial charge in [0.05, 0.1) is 17.1 Å². The number of nitriles is 1. The van der Waals surface area contributed by atoms with Crippen LogP contribution in [0.5, 0.6) is 0 Å². The number of nitrogens with zero attached hydrogens (tertiary/aromatic N) is 3. The number of rotatable bonds is 4.